The molecule has 25 heavy (non-hydrogen) atoms. The van der Waals surface area contributed by atoms with Gasteiger partial charge in [0.1, 0.15) is 5.75 Å². The van der Waals surface area contributed by atoms with Gasteiger partial charge < -0.3 is 9.64 Å². The van der Waals surface area contributed by atoms with Crippen molar-refractivity contribution in [3.8, 4) is 5.75 Å². The number of methoxy groups -OCH3 is 1. The van der Waals surface area contributed by atoms with Gasteiger partial charge >= 0.3 is 0 Å². The minimum absolute atomic E-state index is 0.0427. The maximum atomic E-state index is 12.5. The maximum Gasteiger partial charge on any atom is 0.240 e. The average Bonchev–Trinajstić information content (AvgIpc) is 2.62. The summed E-state index contributed by atoms with van der Waals surface area (Å²) in [5.74, 6) is 0.626. The number of ether oxygens (including phenoxy) is 1. The molecule has 0 aromatic heterocycles. The lowest BCUT2D eigenvalue weighted by Crippen LogP contribution is -2.34. The van der Waals surface area contributed by atoms with Gasteiger partial charge in [-0.1, -0.05) is 31.2 Å². The molecule has 0 heterocycles. The molecule has 0 aliphatic carbocycles. The van der Waals surface area contributed by atoms with Crippen molar-refractivity contribution in [2.75, 3.05) is 27.7 Å². The minimum Gasteiger partial charge on any atom is -0.497 e. The summed E-state index contributed by atoms with van der Waals surface area (Å²) in [5.41, 5.74) is 2.35. The quantitative estimate of drug-likeness (QED) is 0.784. The van der Waals surface area contributed by atoms with Crippen LogP contribution < -0.4 is 9.46 Å². The molecule has 6 heteroatoms. The molecule has 1 atom stereocenters. The first-order valence-corrected chi connectivity index (χ1v) is 9.74. The van der Waals surface area contributed by atoms with E-state index in [2.05, 4.69) is 35.9 Å². The van der Waals surface area contributed by atoms with Crippen LogP contribution in [0.3, 0.4) is 0 Å². The van der Waals surface area contributed by atoms with Crippen LogP contribution >= 0.6 is 0 Å². The lowest BCUT2D eigenvalue weighted by atomic mass is 10.0. The molecule has 1 N–H and O–H groups in total. The Kier molecular flexibility index (Phi) is 6.58. The van der Waals surface area contributed by atoms with Gasteiger partial charge in [0.25, 0.3) is 0 Å². The Morgan fingerprint density at radius 3 is 2.12 bits per heavy atom. The van der Waals surface area contributed by atoms with Crippen molar-refractivity contribution in [1.82, 2.24) is 9.62 Å². The Balaban J connectivity index is 2.13. The van der Waals surface area contributed by atoms with E-state index in [1.165, 1.54) is 5.56 Å². The molecule has 0 fully saturated rings. The number of sulfonamides is 1. The Morgan fingerprint density at radius 2 is 1.64 bits per heavy atom. The number of hydrogen-bond acceptors (Lipinski definition) is 4. The summed E-state index contributed by atoms with van der Waals surface area (Å²) in [7, 11) is 1.87. The van der Waals surface area contributed by atoms with E-state index in [-0.39, 0.29) is 10.9 Å². The zero-order chi connectivity index (χ0) is 18.4. The molecule has 5 nitrogen and oxygen atoms in total. The Labute approximate surface area is 150 Å². The zero-order valence-electron chi connectivity index (χ0n) is 15.2. The molecular formula is C19H26N2O3S. The number of likely N-dealkylation sites (N-methyl/N-ethyl adjacent to an activating group) is 1. The molecule has 0 saturated carbocycles. The van der Waals surface area contributed by atoms with E-state index in [1.54, 1.807) is 31.4 Å². The number of nitrogens with zero attached hydrogens (tertiary/aromatic N) is 1. The smallest absolute Gasteiger partial charge is 0.240 e. The van der Waals surface area contributed by atoms with Crippen LogP contribution in [0.4, 0.5) is 0 Å². The second kappa shape index (κ2) is 8.47. The predicted molar refractivity (Wildman–Crippen MR) is 100 cm³/mol. The molecule has 0 aliphatic heterocycles. The average molecular weight is 362 g/mol. The van der Waals surface area contributed by atoms with Crippen molar-refractivity contribution in [2.45, 2.75) is 24.3 Å². The monoisotopic (exact) mass is 362 g/mol. The van der Waals surface area contributed by atoms with Gasteiger partial charge in [0.05, 0.1) is 12.0 Å². The summed E-state index contributed by atoms with van der Waals surface area (Å²) in [6.07, 6.45) is 0.983. The third kappa shape index (κ3) is 5.04. The van der Waals surface area contributed by atoms with Gasteiger partial charge in [-0.2, -0.15) is 0 Å². The van der Waals surface area contributed by atoms with E-state index in [1.807, 2.05) is 19.0 Å². The largest absolute Gasteiger partial charge is 0.497 e. The third-order valence-corrected chi connectivity index (χ3v) is 5.67. The highest BCUT2D eigenvalue weighted by atomic mass is 32.2. The number of rotatable bonds is 8. The molecule has 0 radical (unpaired) electrons. The fourth-order valence-electron chi connectivity index (χ4n) is 2.60. The van der Waals surface area contributed by atoms with Crippen LogP contribution in [0.1, 0.15) is 24.1 Å². The van der Waals surface area contributed by atoms with Crippen LogP contribution in [0.15, 0.2) is 53.4 Å². The lowest BCUT2D eigenvalue weighted by molar-refractivity contribution is 0.299. The molecule has 2 rings (SSSR count). The summed E-state index contributed by atoms with van der Waals surface area (Å²) in [5, 5.41) is 0. The molecule has 136 valence electrons. The molecule has 0 spiro atoms. The Morgan fingerprint density at radius 1 is 1.04 bits per heavy atom. The highest BCUT2D eigenvalue weighted by Crippen LogP contribution is 2.20. The van der Waals surface area contributed by atoms with Crippen molar-refractivity contribution in [1.29, 1.82) is 0 Å². The highest BCUT2D eigenvalue weighted by Gasteiger charge is 2.19. The van der Waals surface area contributed by atoms with Crippen molar-refractivity contribution >= 4 is 10.0 Å². The lowest BCUT2D eigenvalue weighted by Gasteiger charge is -2.25. The van der Waals surface area contributed by atoms with E-state index < -0.39 is 10.0 Å². The third-order valence-electron chi connectivity index (χ3n) is 4.23. The fourth-order valence-corrected chi connectivity index (χ4v) is 3.64. The van der Waals surface area contributed by atoms with Gasteiger partial charge in [-0.3, -0.25) is 0 Å². The molecule has 0 unspecified atom stereocenters. The van der Waals surface area contributed by atoms with Crippen LogP contribution in [0, 0.1) is 0 Å². The van der Waals surface area contributed by atoms with E-state index in [4.69, 9.17) is 4.74 Å². The SMILES string of the molecule is CCc1ccc([C@H](CNS(=O)(=O)c2ccc(OC)cc2)N(C)C)cc1. The van der Waals surface area contributed by atoms with E-state index in [9.17, 15) is 8.42 Å². The first-order chi connectivity index (χ1) is 11.9. The Bertz CT molecular complexity index is 769. The van der Waals surface area contributed by atoms with Gasteiger partial charge in [-0.15, -0.1) is 0 Å². The normalized spacial score (nSPS) is 13.0. The molecular weight excluding hydrogens is 336 g/mol. The molecule has 0 aliphatic rings. The van der Waals surface area contributed by atoms with Crippen LogP contribution in [-0.2, 0) is 16.4 Å². The minimum atomic E-state index is -3.57. The predicted octanol–water partition coefficient (Wildman–Crippen LogP) is 2.84. The van der Waals surface area contributed by atoms with E-state index >= 15 is 0 Å². The van der Waals surface area contributed by atoms with Gasteiger partial charge in [-0.25, -0.2) is 13.1 Å². The first-order valence-electron chi connectivity index (χ1n) is 8.26. The number of aryl methyl sites for hydroxylation is 1. The molecule has 0 amide bonds. The van der Waals surface area contributed by atoms with E-state index in [0.29, 0.717) is 12.3 Å². The fraction of sp³-hybridized carbons (Fsp3) is 0.368. The standard InChI is InChI=1S/C19H26N2O3S/c1-5-15-6-8-16(9-7-15)19(21(2)3)14-20-25(22,23)18-12-10-17(24-4)11-13-18/h6-13,19-20H,5,14H2,1-4H3/t19-/m0/s1. The van der Waals surface area contributed by atoms with Crippen LogP contribution in [0.5, 0.6) is 5.75 Å². The van der Waals surface area contributed by atoms with Gasteiger partial charge in [0, 0.05) is 12.6 Å². The van der Waals surface area contributed by atoms with Crippen molar-refractivity contribution in [2.24, 2.45) is 0 Å². The zero-order valence-corrected chi connectivity index (χ0v) is 16.0. The molecule has 2 aromatic carbocycles. The second-order valence-electron chi connectivity index (χ2n) is 6.10. The summed E-state index contributed by atoms with van der Waals surface area (Å²) in [4.78, 5) is 2.24. The van der Waals surface area contributed by atoms with E-state index in [0.717, 1.165) is 12.0 Å². The number of hydrogen-bond donors (Lipinski definition) is 1. The highest BCUT2D eigenvalue weighted by molar-refractivity contribution is 7.89. The van der Waals surface area contributed by atoms with Crippen molar-refractivity contribution in [3.05, 3.63) is 59.7 Å². The summed E-state index contributed by atoms with van der Waals surface area (Å²) < 4.78 is 32.8. The Hall–Kier alpha value is -1.89. The molecule has 0 bridgehead atoms. The van der Waals surface area contributed by atoms with Gasteiger partial charge in [0.2, 0.25) is 10.0 Å². The van der Waals surface area contributed by atoms with Crippen molar-refractivity contribution < 1.29 is 13.2 Å². The maximum absolute atomic E-state index is 12.5. The summed E-state index contributed by atoms with van der Waals surface area (Å²) in [6.45, 7) is 2.41. The number of nitrogens with one attached hydrogen (secondary N) is 1. The summed E-state index contributed by atoms with van der Waals surface area (Å²) >= 11 is 0. The topological polar surface area (TPSA) is 58.6 Å². The van der Waals surface area contributed by atoms with Gasteiger partial charge in [-0.05, 0) is 55.9 Å². The molecule has 2 aromatic rings. The van der Waals surface area contributed by atoms with Crippen LogP contribution in [0.25, 0.3) is 0 Å². The first kappa shape index (κ1) is 19.4. The van der Waals surface area contributed by atoms with Crippen LogP contribution in [0.2, 0.25) is 0 Å². The number of benzene rings is 2. The molecule has 0 saturated heterocycles. The second-order valence-corrected chi connectivity index (χ2v) is 7.87. The van der Waals surface area contributed by atoms with Crippen LogP contribution in [-0.4, -0.2) is 41.1 Å². The van der Waals surface area contributed by atoms with Crippen molar-refractivity contribution in [3.63, 3.8) is 0 Å². The van der Waals surface area contributed by atoms with Gasteiger partial charge in [0.15, 0.2) is 0 Å². The summed E-state index contributed by atoms with van der Waals surface area (Å²) in [6, 6.07) is 14.6.